The van der Waals surface area contributed by atoms with Crippen molar-refractivity contribution in [1.82, 2.24) is 0 Å². The van der Waals surface area contributed by atoms with Crippen LogP contribution in [0.25, 0.3) is 0 Å². The zero-order valence-corrected chi connectivity index (χ0v) is 3.51. The topological polar surface area (TPSA) is 41.8 Å². The lowest BCUT2D eigenvalue weighted by Gasteiger charge is -1.87. The number of hydrogen-bond donors (Lipinski definition) is 1. The van der Waals surface area contributed by atoms with Gasteiger partial charge in [0.1, 0.15) is 7.11 Å². The molecule has 1 radical (unpaired) electrons. The first-order chi connectivity index (χ1) is 2.81. The number of nitrogens with zero attached hydrogens (tertiary/aromatic N) is 1. The van der Waals surface area contributed by atoms with Crippen LogP contribution in [-0.2, 0) is 4.74 Å². The highest BCUT2D eigenvalue weighted by Crippen LogP contribution is 1.71. The summed E-state index contributed by atoms with van der Waals surface area (Å²) in [4.78, 5) is 0. The van der Waals surface area contributed by atoms with Crippen molar-refractivity contribution >= 4 is 5.90 Å². The van der Waals surface area contributed by atoms with Gasteiger partial charge in [-0.3, -0.25) is 0 Å². The Bertz CT molecular complexity index is 59.8. The van der Waals surface area contributed by atoms with Crippen LogP contribution in [0.3, 0.4) is 0 Å². The van der Waals surface area contributed by atoms with Gasteiger partial charge in [-0.2, -0.15) is 0 Å². The van der Waals surface area contributed by atoms with E-state index >= 15 is 0 Å². The maximum Gasteiger partial charge on any atom is 0.222 e. The Hall–Kier alpha value is -0.730. The molecule has 0 bridgehead atoms. The minimum atomic E-state index is 0.162. The monoisotopic (exact) mass is 88.0 g/mol. The van der Waals surface area contributed by atoms with Gasteiger partial charge in [0.15, 0.2) is 0 Å². The van der Waals surface area contributed by atoms with Crippen LogP contribution in [0, 0.1) is 7.11 Å². The minimum Gasteiger partial charge on any atom is -0.475 e. The van der Waals surface area contributed by atoms with Gasteiger partial charge >= 0.3 is 0 Å². The summed E-state index contributed by atoms with van der Waals surface area (Å²) in [7, 11) is 2.97. The van der Waals surface area contributed by atoms with Gasteiger partial charge < -0.3 is 9.94 Å². The highest BCUT2D eigenvalue weighted by Gasteiger charge is 1.77. The summed E-state index contributed by atoms with van der Waals surface area (Å²) < 4.78 is 4.15. The normalized spacial score (nSPS) is 11.3. The van der Waals surface area contributed by atoms with E-state index in [-0.39, 0.29) is 5.90 Å². The molecule has 6 heavy (non-hydrogen) atoms. The molecule has 0 amide bonds. The van der Waals surface area contributed by atoms with Gasteiger partial charge in [0.25, 0.3) is 0 Å². The predicted octanol–water partition coefficient (Wildman–Crippen LogP) is 0.602. The van der Waals surface area contributed by atoms with Crippen molar-refractivity contribution in [3.05, 3.63) is 7.11 Å². The van der Waals surface area contributed by atoms with Crippen LogP contribution in [0.5, 0.6) is 0 Å². The van der Waals surface area contributed by atoms with Crippen molar-refractivity contribution in [1.29, 1.82) is 0 Å². The van der Waals surface area contributed by atoms with Gasteiger partial charge in [-0.15, -0.1) is 0 Å². The molecule has 0 unspecified atom stereocenters. The summed E-state index contributed by atoms with van der Waals surface area (Å²) in [6.07, 6.45) is 0. The molecular formula is C3H6NO2. The van der Waals surface area contributed by atoms with Crippen LogP contribution in [0.1, 0.15) is 6.92 Å². The Morgan fingerprint density at radius 2 is 2.50 bits per heavy atom. The van der Waals surface area contributed by atoms with Crippen molar-refractivity contribution in [2.75, 3.05) is 0 Å². The quantitative estimate of drug-likeness (QED) is 0.204. The van der Waals surface area contributed by atoms with E-state index in [4.69, 9.17) is 5.21 Å². The molecule has 0 aliphatic carbocycles. The van der Waals surface area contributed by atoms with E-state index in [1.165, 1.54) is 6.92 Å². The molecule has 0 atom stereocenters. The predicted molar refractivity (Wildman–Crippen MR) is 21.3 cm³/mol. The number of ether oxygens (including phenoxy) is 1. The Balaban J connectivity index is 3.22. The van der Waals surface area contributed by atoms with Gasteiger partial charge in [-0.25, -0.2) is 0 Å². The van der Waals surface area contributed by atoms with Crippen molar-refractivity contribution in [2.24, 2.45) is 5.16 Å². The highest BCUT2D eigenvalue weighted by atomic mass is 16.5. The van der Waals surface area contributed by atoms with Crippen LogP contribution in [0.15, 0.2) is 5.16 Å². The second kappa shape index (κ2) is 2.50. The average Bonchev–Trinajstić information content (AvgIpc) is 1.65. The lowest BCUT2D eigenvalue weighted by atomic mass is 10.8. The van der Waals surface area contributed by atoms with Gasteiger partial charge in [0.05, 0.1) is 0 Å². The molecule has 0 aromatic heterocycles. The minimum absolute atomic E-state index is 0.162. The molecule has 0 spiro atoms. The molecule has 0 aliphatic rings. The molecule has 0 heterocycles. The fourth-order valence-electron chi connectivity index (χ4n) is 0.0289. The SMILES string of the molecule is [CH2]O/C(C)=N/O. The molecular weight excluding hydrogens is 82.0 g/mol. The molecule has 0 aromatic rings. The van der Waals surface area contributed by atoms with E-state index in [2.05, 4.69) is 17.0 Å². The molecule has 1 N–H and O–H groups in total. The largest absolute Gasteiger partial charge is 0.475 e. The van der Waals surface area contributed by atoms with E-state index in [0.717, 1.165) is 0 Å². The Kier molecular flexibility index (Phi) is 2.20. The molecule has 0 rings (SSSR count). The number of oxime groups is 1. The standard InChI is InChI=1S/C3H6NO2/c1-3(4-5)6-2/h5H,2H2,1H3/b4-3+. The third-order valence-corrected chi connectivity index (χ3v) is 0.350. The molecule has 0 aliphatic heterocycles. The lowest BCUT2D eigenvalue weighted by Crippen LogP contribution is -1.88. The second-order valence-electron chi connectivity index (χ2n) is 0.763. The lowest BCUT2D eigenvalue weighted by molar-refractivity contribution is 0.295. The summed E-state index contributed by atoms with van der Waals surface area (Å²) in [5.74, 6) is 0.162. The summed E-state index contributed by atoms with van der Waals surface area (Å²) in [5.41, 5.74) is 0. The molecule has 0 fully saturated rings. The summed E-state index contributed by atoms with van der Waals surface area (Å²) in [6, 6.07) is 0. The molecule has 0 saturated carbocycles. The third-order valence-electron chi connectivity index (χ3n) is 0.350. The molecule has 0 saturated heterocycles. The summed E-state index contributed by atoms with van der Waals surface area (Å²) in [6.45, 7) is 1.49. The summed E-state index contributed by atoms with van der Waals surface area (Å²) >= 11 is 0. The molecule has 3 nitrogen and oxygen atoms in total. The maximum atomic E-state index is 7.76. The van der Waals surface area contributed by atoms with Gasteiger partial charge in [-0.1, -0.05) is 5.16 Å². The molecule has 35 valence electrons. The first-order valence-electron chi connectivity index (χ1n) is 1.42. The number of hydrogen-bond acceptors (Lipinski definition) is 3. The van der Waals surface area contributed by atoms with Gasteiger partial charge in [0.2, 0.25) is 5.90 Å². The second-order valence-corrected chi connectivity index (χ2v) is 0.763. The van der Waals surface area contributed by atoms with E-state index < -0.39 is 0 Å². The van der Waals surface area contributed by atoms with Crippen LogP contribution in [0.4, 0.5) is 0 Å². The van der Waals surface area contributed by atoms with Gasteiger partial charge in [0, 0.05) is 6.92 Å². The van der Waals surface area contributed by atoms with E-state index in [0.29, 0.717) is 0 Å². The fourth-order valence-corrected chi connectivity index (χ4v) is 0.0289. The zero-order valence-electron chi connectivity index (χ0n) is 3.51. The van der Waals surface area contributed by atoms with Crippen LogP contribution in [-0.4, -0.2) is 11.1 Å². The van der Waals surface area contributed by atoms with Crippen molar-refractivity contribution in [2.45, 2.75) is 6.92 Å². The average molecular weight is 88.1 g/mol. The van der Waals surface area contributed by atoms with E-state index in [9.17, 15) is 0 Å². The van der Waals surface area contributed by atoms with E-state index in [1.54, 1.807) is 0 Å². The third kappa shape index (κ3) is 1.58. The molecule has 3 heteroatoms. The van der Waals surface area contributed by atoms with Crippen LogP contribution >= 0.6 is 0 Å². The smallest absolute Gasteiger partial charge is 0.222 e. The first kappa shape index (κ1) is 5.27. The zero-order chi connectivity index (χ0) is 4.99. The van der Waals surface area contributed by atoms with Crippen LogP contribution < -0.4 is 0 Å². The van der Waals surface area contributed by atoms with Crippen molar-refractivity contribution < 1.29 is 9.94 Å². The Morgan fingerprint density at radius 1 is 2.00 bits per heavy atom. The fraction of sp³-hybridized carbons (Fsp3) is 0.333. The maximum absolute atomic E-state index is 7.76. The Labute approximate surface area is 36.2 Å². The Morgan fingerprint density at radius 3 is 2.50 bits per heavy atom. The van der Waals surface area contributed by atoms with Crippen LogP contribution in [0.2, 0.25) is 0 Å². The highest BCUT2D eigenvalue weighted by molar-refractivity contribution is 5.72. The van der Waals surface area contributed by atoms with E-state index in [1.807, 2.05) is 0 Å². The summed E-state index contributed by atoms with van der Waals surface area (Å²) in [5, 5.41) is 10.4. The van der Waals surface area contributed by atoms with Gasteiger partial charge in [-0.05, 0) is 0 Å². The van der Waals surface area contributed by atoms with Crippen molar-refractivity contribution in [3.8, 4) is 0 Å². The molecule has 0 aromatic carbocycles. The first-order valence-corrected chi connectivity index (χ1v) is 1.42. The van der Waals surface area contributed by atoms with Crippen molar-refractivity contribution in [3.63, 3.8) is 0 Å². The number of rotatable bonds is 0.